The molecule has 0 saturated carbocycles. The summed E-state index contributed by atoms with van der Waals surface area (Å²) in [5, 5.41) is 2.11. The second-order valence-electron chi connectivity index (χ2n) is 8.13. The fourth-order valence-corrected chi connectivity index (χ4v) is 6.06. The number of aryl methyl sites for hydroxylation is 3. The topological polar surface area (TPSA) is 44.0 Å². The van der Waals surface area contributed by atoms with Crippen molar-refractivity contribution in [3.8, 4) is 0 Å². The van der Waals surface area contributed by atoms with Gasteiger partial charge in [-0.15, -0.1) is 0 Å². The highest BCUT2D eigenvalue weighted by Gasteiger charge is 2.26. The fraction of sp³-hybridized carbons (Fsp3) is 0.154. The maximum atomic E-state index is 13.8. The van der Waals surface area contributed by atoms with Gasteiger partial charge in [0.15, 0.2) is 0 Å². The summed E-state index contributed by atoms with van der Waals surface area (Å²) in [5.74, 6) is 0. The zero-order valence-corrected chi connectivity index (χ0v) is 18.6. The van der Waals surface area contributed by atoms with Gasteiger partial charge >= 0.3 is 0 Å². The molecule has 2 heterocycles. The Morgan fingerprint density at radius 2 is 1.39 bits per heavy atom. The largest absolute Gasteiger partial charge is 0.350 e. The van der Waals surface area contributed by atoms with E-state index in [9.17, 15) is 8.42 Å². The summed E-state index contributed by atoms with van der Waals surface area (Å²) in [6.07, 6.45) is 2.64. The number of hydrogen-bond acceptors (Lipinski definition) is 2. The summed E-state index contributed by atoms with van der Waals surface area (Å²) < 4.78 is 31.3. The first kappa shape index (κ1) is 19.6. The number of benzene rings is 3. The maximum absolute atomic E-state index is 13.8. The third-order valence-electron chi connectivity index (χ3n) is 6.10. The van der Waals surface area contributed by atoms with E-state index in [0.29, 0.717) is 11.3 Å². The first-order valence-electron chi connectivity index (χ1n) is 10.3. The van der Waals surface area contributed by atoms with Gasteiger partial charge in [0.05, 0.1) is 10.4 Å². The summed E-state index contributed by atoms with van der Waals surface area (Å²) in [6, 6.07) is 23.0. The number of aromatic nitrogens is 2. The van der Waals surface area contributed by atoms with Crippen molar-refractivity contribution in [1.29, 1.82) is 0 Å². The quantitative estimate of drug-likeness (QED) is 0.375. The van der Waals surface area contributed by atoms with Crippen LogP contribution in [0.25, 0.3) is 21.8 Å². The van der Waals surface area contributed by atoms with E-state index >= 15 is 0 Å². The first-order valence-corrected chi connectivity index (χ1v) is 11.8. The third kappa shape index (κ3) is 3.08. The van der Waals surface area contributed by atoms with Gasteiger partial charge in [0, 0.05) is 41.6 Å². The second kappa shape index (κ2) is 7.13. The van der Waals surface area contributed by atoms with Gasteiger partial charge < -0.3 is 4.57 Å². The molecule has 0 aliphatic heterocycles. The van der Waals surface area contributed by atoms with E-state index < -0.39 is 10.0 Å². The zero-order chi connectivity index (χ0) is 21.8. The third-order valence-corrected chi connectivity index (χ3v) is 7.87. The number of para-hydroxylation sites is 2. The van der Waals surface area contributed by atoms with Crippen LogP contribution in [0.3, 0.4) is 0 Å². The highest BCUT2D eigenvalue weighted by Crippen LogP contribution is 2.33. The lowest BCUT2D eigenvalue weighted by Gasteiger charge is -2.13. The van der Waals surface area contributed by atoms with Crippen molar-refractivity contribution in [3.63, 3.8) is 0 Å². The van der Waals surface area contributed by atoms with E-state index in [0.717, 1.165) is 44.2 Å². The molecule has 4 nitrogen and oxygen atoms in total. The summed E-state index contributed by atoms with van der Waals surface area (Å²) in [4.78, 5) is 0.304. The van der Waals surface area contributed by atoms with Gasteiger partial charge in [-0.1, -0.05) is 54.1 Å². The lowest BCUT2D eigenvalue weighted by Crippen LogP contribution is -2.16. The maximum Gasteiger partial charge on any atom is 0.268 e. The predicted molar refractivity (Wildman–Crippen MR) is 126 cm³/mol. The number of hydrogen-bond donors (Lipinski definition) is 0. The van der Waals surface area contributed by atoms with E-state index in [1.54, 1.807) is 16.1 Å². The Labute approximate surface area is 182 Å². The van der Waals surface area contributed by atoms with Crippen LogP contribution in [0.2, 0.25) is 0 Å². The number of rotatable bonds is 4. The Bertz CT molecular complexity index is 1540. The van der Waals surface area contributed by atoms with Gasteiger partial charge in [-0.3, -0.25) is 0 Å². The highest BCUT2D eigenvalue weighted by atomic mass is 32.2. The van der Waals surface area contributed by atoms with Crippen molar-refractivity contribution >= 4 is 31.8 Å². The molecule has 2 aromatic heterocycles. The van der Waals surface area contributed by atoms with Crippen molar-refractivity contribution in [2.75, 3.05) is 0 Å². The van der Waals surface area contributed by atoms with Crippen molar-refractivity contribution in [1.82, 2.24) is 8.54 Å². The van der Waals surface area contributed by atoms with Crippen LogP contribution in [0, 0.1) is 13.8 Å². The molecule has 0 aliphatic rings. The van der Waals surface area contributed by atoms with E-state index in [2.05, 4.69) is 22.9 Å². The van der Waals surface area contributed by atoms with Crippen molar-refractivity contribution in [2.45, 2.75) is 25.2 Å². The van der Waals surface area contributed by atoms with Crippen LogP contribution in [-0.4, -0.2) is 17.0 Å². The highest BCUT2D eigenvalue weighted by molar-refractivity contribution is 7.90. The van der Waals surface area contributed by atoms with E-state index in [-0.39, 0.29) is 0 Å². The zero-order valence-electron chi connectivity index (χ0n) is 17.8. The Hall–Kier alpha value is -3.31. The molecule has 5 aromatic rings. The summed E-state index contributed by atoms with van der Waals surface area (Å²) >= 11 is 0. The normalized spacial score (nSPS) is 12.1. The Morgan fingerprint density at radius 1 is 0.774 bits per heavy atom. The molecule has 0 saturated heterocycles. The Morgan fingerprint density at radius 3 is 2.10 bits per heavy atom. The molecular weight excluding hydrogens is 404 g/mol. The minimum atomic E-state index is -3.75. The van der Waals surface area contributed by atoms with Gasteiger partial charge in [-0.25, -0.2) is 12.4 Å². The molecule has 0 unspecified atom stereocenters. The smallest absolute Gasteiger partial charge is 0.268 e. The molecular formula is C26H24N2O2S. The minimum Gasteiger partial charge on any atom is -0.350 e. The molecule has 0 N–H and O–H groups in total. The molecule has 0 bridgehead atoms. The molecule has 0 spiro atoms. The lowest BCUT2D eigenvalue weighted by atomic mass is 10.1. The minimum absolute atomic E-state index is 0.304. The van der Waals surface area contributed by atoms with Crippen LogP contribution in [-0.2, 0) is 23.5 Å². The monoisotopic (exact) mass is 428 g/mol. The van der Waals surface area contributed by atoms with Crippen LogP contribution < -0.4 is 0 Å². The van der Waals surface area contributed by atoms with E-state index in [4.69, 9.17) is 0 Å². The molecule has 0 amide bonds. The molecule has 5 rings (SSSR count). The van der Waals surface area contributed by atoms with Crippen LogP contribution >= 0.6 is 0 Å². The summed E-state index contributed by atoms with van der Waals surface area (Å²) in [7, 11) is -1.72. The molecule has 0 aliphatic carbocycles. The average Bonchev–Trinajstić information content (AvgIpc) is 3.24. The van der Waals surface area contributed by atoms with Crippen molar-refractivity contribution in [2.24, 2.45) is 7.05 Å². The van der Waals surface area contributed by atoms with Crippen molar-refractivity contribution < 1.29 is 8.42 Å². The van der Waals surface area contributed by atoms with Crippen molar-refractivity contribution in [3.05, 3.63) is 101 Å². The van der Waals surface area contributed by atoms with E-state index in [1.807, 2.05) is 69.4 Å². The molecule has 0 radical (unpaired) electrons. The SMILES string of the molecule is Cc1ccc(S(=O)(=O)n2c(Cc3cn(C)c4ccccc34)c(C)c3ccccc32)cc1. The van der Waals surface area contributed by atoms with Gasteiger partial charge in [-0.05, 0) is 49.2 Å². The molecule has 3 aromatic carbocycles. The van der Waals surface area contributed by atoms with Gasteiger partial charge in [0.25, 0.3) is 10.0 Å². The average molecular weight is 429 g/mol. The lowest BCUT2D eigenvalue weighted by molar-refractivity contribution is 0.587. The van der Waals surface area contributed by atoms with Gasteiger partial charge in [-0.2, -0.15) is 0 Å². The summed E-state index contributed by atoms with van der Waals surface area (Å²) in [6.45, 7) is 3.97. The standard InChI is InChI=1S/C26H24N2O2S/c1-18-12-14-21(15-13-18)31(29,30)28-25-11-7-4-8-22(25)19(2)26(28)16-20-17-27(3)24-10-6-5-9-23(20)24/h4-15,17H,16H2,1-3H3. The van der Waals surface area contributed by atoms with Gasteiger partial charge in [0.2, 0.25) is 0 Å². The predicted octanol–water partition coefficient (Wildman–Crippen LogP) is 5.58. The van der Waals surface area contributed by atoms with Crippen LogP contribution in [0.1, 0.15) is 22.4 Å². The van der Waals surface area contributed by atoms with Gasteiger partial charge in [0.1, 0.15) is 0 Å². The van der Waals surface area contributed by atoms with E-state index in [1.165, 1.54) is 0 Å². The first-order chi connectivity index (χ1) is 14.9. The Balaban J connectivity index is 1.77. The van der Waals surface area contributed by atoms with Crippen LogP contribution in [0.15, 0.2) is 83.9 Å². The number of nitrogens with zero attached hydrogens (tertiary/aromatic N) is 2. The van der Waals surface area contributed by atoms with Crippen LogP contribution in [0.4, 0.5) is 0 Å². The summed E-state index contributed by atoms with van der Waals surface area (Å²) in [5.41, 5.74) is 5.81. The molecule has 31 heavy (non-hydrogen) atoms. The number of fused-ring (bicyclic) bond motifs is 2. The molecule has 0 atom stereocenters. The molecule has 156 valence electrons. The molecule has 0 fully saturated rings. The second-order valence-corrected chi connectivity index (χ2v) is 9.92. The fourth-order valence-electron chi connectivity index (χ4n) is 4.46. The Kier molecular flexibility index (Phi) is 4.52. The molecule has 5 heteroatoms. The van der Waals surface area contributed by atoms with Crippen LogP contribution in [0.5, 0.6) is 0 Å².